The van der Waals surface area contributed by atoms with Crippen molar-refractivity contribution in [2.45, 2.75) is 39.8 Å². The Kier molecular flexibility index (Phi) is 5.92. The van der Waals surface area contributed by atoms with E-state index in [0.29, 0.717) is 35.3 Å². The van der Waals surface area contributed by atoms with Gasteiger partial charge in [0.25, 0.3) is 5.91 Å². The second kappa shape index (κ2) is 9.27. The van der Waals surface area contributed by atoms with Crippen LogP contribution in [0, 0.1) is 12.8 Å². The molecule has 11 nitrogen and oxygen atoms in total. The molecule has 4 aromatic heterocycles. The molecule has 2 aliphatic rings. The molecule has 12 heteroatoms. The molecule has 37 heavy (non-hydrogen) atoms. The Balaban J connectivity index is 1.18. The highest BCUT2D eigenvalue weighted by molar-refractivity contribution is 7.21. The first-order chi connectivity index (χ1) is 17.9. The zero-order valence-electron chi connectivity index (χ0n) is 20.9. The number of rotatable bonds is 6. The molecule has 0 aliphatic carbocycles. The number of anilines is 2. The number of carbonyl (C=O) groups excluding carboxylic acids is 2. The quantitative estimate of drug-likeness (QED) is 0.401. The average molecular weight is 521 g/mol. The van der Waals surface area contributed by atoms with Crippen LogP contribution >= 0.6 is 11.3 Å². The number of hydrogen-bond acceptors (Lipinski definition) is 8. The summed E-state index contributed by atoms with van der Waals surface area (Å²) in [7, 11) is 0. The first kappa shape index (κ1) is 23.6. The molecule has 0 atom stereocenters. The molecule has 0 aromatic carbocycles. The van der Waals surface area contributed by atoms with Crippen LogP contribution in [-0.2, 0) is 11.3 Å². The maximum Gasteiger partial charge on any atom is 0.260 e. The van der Waals surface area contributed by atoms with E-state index >= 15 is 0 Å². The summed E-state index contributed by atoms with van der Waals surface area (Å²) in [6.07, 6.45) is 7.78. The summed E-state index contributed by atoms with van der Waals surface area (Å²) in [6.45, 7) is 9.06. The summed E-state index contributed by atoms with van der Waals surface area (Å²) < 4.78 is 9.39. The predicted molar refractivity (Wildman–Crippen MR) is 140 cm³/mol. The topological polar surface area (TPSA) is 119 Å². The van der Waals surface area contributed by atoms with Crippen LogP contribution < -0.4 is 15.4 Å². The molecular formula is C25H28N8O3S. The summed E-state index contributed by atoms with van der Waals surface area (Å²) in [5.74, 6) is 0.385. The molecule has 0 radical (unpaired) electrons. The lowest BCUT2D eigenvalue weighted by molar-refractivity contribution is -0.125. The van der Waals surface area contributed by atoms with E-state index in [9.17, 15) is 9.59 Å². The number of aryl methyl sites for hydroxylation is 2. The third-order valence-corrected chi connectivity index (χ3v) is 8.01. The lowest BCUT2D eigenvalue weighted by Crippen LogP contribution is -2.54. The number of likely N-dealkylation sites (tertiary alicyclic amines) is 1. The first-order valence-electron chi connectivity index (χ1n) is 12.4. The fourth-order valence-electron chi connectivity index (χ4n) is 4.57. The number of pyridine rings is 1. The number of fused-ring (bicyclic) bond motifs is 2. The van der Waals surface area contributed by atoms with Gasteiger partial charge in [-0.15, -0.1) is 11.3 Å². The number of carbonyl (C=O) groups is 2. The molecule has 6 heterocycles. The SMILES string of the molecule is Cc1ncc(NC(=O)C2CN(C(C)C)C2)cc1NC(=O)c1cnn2cc(-c3cnn4c3OCCC4)sc12. The number of hydrogen-bond donors (Lipinski definition) is 2. The van der Waals surface area contributed by atoms with Gasteiger partial charge in [-0.3, -0.25) is 19.5 Å². The van der Waals surface area contributed by atoms with Crippen molar-refractivity contribution in [3.8, 4) is 16.3 Å². The molecule has 0 spiro atoms. The Morgan fingerprint density at radius 2 is 2.00 bits per heavy atom. The van der Waals surface area contributed by atoms with Crippen molar-refractivity contribution in [1.82, 2.24) is 29.3 Å². The van der Waals surface area contributed by atoms with Crippen molar-refractivity contribution in [3.63, 3.8) is 0 Å². The Hall–Kier alpha value is -3.77. The number of nitrogens with zero attached hydrogens (tertiary/aromatic N) is 6. The van der Waals surface area contributed by atoms with Crippen LogP contribution in [0.3, 0.4) is 0 Å². The summed E-state index contributed by atoms with van der Waals surface area (Å²) in [6, 6.07) is 2.18. The monoisotopic (exact) mass is 520 g/mol. The van der Waals surface area contributed by atoms with Crippen LogP contribution in [0.5, 0.6) is 5.88 Å². The van der Waals surface area contributed by atoms with Crippen LogP contribution in [-0.4, -0.2) is 66.8 Å². The van der Waals surface area contributed by atoms with Crippen molar-refractivity contribution < 1.29 is 14.3 Å². The maximum absolute atomic E-state index is 13.2. The minimum absolute atomic E-state index is 0.0318. The van der Waals surface area contributed by atoms with Gasteiger partial charge < -0.3 is 15.4 Å². The zero-order chi connectivity index (χ0) is 25.7. The second-order valence-electron chi connectivity index (χ2n) is 9.74. The highest BCUT2D eigenvalue weighted by Crippen LogP contribution is 2.37. The number of thiazole rings is 1. The van der Waals surface area contributed by atoms with Crippen LogP contribution in [0.2, 0.25) is 0 Å². The van der Waals surface area contributed by atoms with Crippen molar-refractivity contribution >= 4 is 39.4 Å². The normalized spacial score (nSPS) is 15.9. The van der Waals surface area contributed by atoms with Gasteiger partial charge in [0.2, 0.25) is 11.8 Å². The minimum atomic E-state index is -0.295. The van der Waals surface area contributed by atoms with Crippen LogP contribution in [0.4, 0.5) is 11.4 Å². The van der Waals surface area contributed by atoms with E-state index in [1.54, 1.807) is 29.2 Å². The van der Waals surface area contributed by atoms with E-state index in [1.807, 2.05) is 17.8 Å². The van der Waals surface area contributed by atoms with E-state index in [-0.39, 0.29) is 17.7 Å². The van der Waals surface area contributed by atoms with Gasteiger partial charge in [0.05, 0.1) is 64.2 Å². The number of amides is 2. The van der Waals surface area contributed by atoms with Crippen molar-refractivity contribution in [2.75, 3.05) is 30.3 Å². The molecule has 6 rings (SSSR count). The second-order valence-corrected chi connectivity index (χ2v) is 10.8. The van der Waals surface area contributed by atoms with Crippen LogP contribution in [0.25, 0.3) is 15.3 Å². The molecule has 2 aliphatic heterocycles. The largest absolute Gasteiger partial charge is 0.477 e. The summed E-state index contributed by atoms with van der Waals surface area (Å²) in [5.41, 5.74) is 3.09. The minimum Gasteiger partial charge on any atom is -0.477 e. The molecule has 0 unspecified atom stereocenters. The third-order valence-electron chi connectivity index (χ3n) is 6.86. The van der Waals surface area contributed by atoms with Gasteiger partial charge >= 0.3 is 0 Å². The number of aromatic nitrogens is 5. The molecule has 2 N–H and O–H groups in total. The Bertz CT molecular complexity index is 1500. The average Bonchev–Trinajstić information content (AvgIpc) is 3.53. The van der Waals surface area contributed by atoms with Gasteiger partial charge in [-0.25, -0.2) is 9.20 Å². The Morgan fingerprint density at radius 1 is 1.16 bits per heavy atom. The van der Waals surface area contributed by atoms with Crippen molar-refractivity contribution in [2.24, 2.45) is 5.92 Å². The van der Waals surface area contributed by atoms with Crippen molar-refractivity contribution in [1.29, 1.82) is 0 Å². The standard InChI is InChI=1S/C25H28N8O3S/c1-14(2)31-11-16(12-31)22(34)29-17-7-20(15(3)26-8-17)30-23(35)19-10-28-33-13-21(37-25(19)33)18-9-27-32-5-4-6-36-24(18)32/h7-10,13-14,16H,4-6,11-12H2,1-3H3,(H,29,34)(H,30,35). The van der Waals surface area contributed by atoms with Crippen LogP contribution in [0.1, 0.15) is 36.3 Å². The van der Waals surface area contributed by atoms with Gasteiger partial charge in [-0.05, 0) is 26.8 Å². The molecular weight excluding hydrogens is 492 g/mol. The zero-order valence-corrected chi connectivity index (χ0v) is 21.7. The molecule has 192 valence electrons. The summed E-state index contributed by atoms with van der Waals surface area (Å²) >= 11 is 1.46. The Labute approximate surface area is 217 Å². The van der Waals surface area contributed by atoms with E-state index in [2.05, 4.69) is 44.6 Å². The summed E-state index contributed by atoms with van der Waals surface area (Å²) in [4.78, 5) is 34.1. The molecule has 0 bridgehead atoms. The lowest BCUT2D eigenvalue weighted by atomic mass is 9.97. The predicted octanol–water partition coefficient (Wildman–Crippen LogP) is 3.28. The fourth-order valence-corrected chi connectivity index (χ4v) is 5.63. The van der Waals surface area contributed by atoms with Crippen molar-refractivity contribution in [3.05, 3.63) is 42.1 Å². The van der Waals surface area contributed by atoms with Gasteiger partial charge in [0.15, 0.2) is 0 Å². The van der Waals surface area contributed by atoms with Gasteiger partial charge in [0.1, 0.15) is 4.83 Å². The first-order valence-corrected chi connectivity index (χ1v) is 13.2. The highest BCUT2D eigenvalue weighted by atomic mass is 32.1. The molecule has 4 aromatic rings. The third kappa shape index (κ3) is 4.36. The highest BCUT2D eigenvalue weighted by Gasteiger charge is 2.34. The number of ether oxygens (including phenoxy) is 1. The molecule has 0 saturated carbocycles. The van der Waals surface area contributed by atoms with E-state index in [1.165, 1.54) is 11.3 Å². The van der Waals surface area contributed by atoms with E-state index in [4.69, 9.17) is 4.74 Å². The molecule has 1 fully saturated rings. The van der Waals surface area contributed by atoms with E-state index in [0.717, 1.165) is 47.2 Å². The lowest BCUT2D eigenvalue weighted by Gasteiger charge is -2.41. The smallest absolute Gasteiger partial charge is 0.260 e. The van der Waals surface area contributed by atoms with Gasteiger partial charge in [-0.2, -0.15) is 10.2 Å². The maximum atomic E-state index is 13.2. The molecule has 2 amide bonds. The van der Waals surface area contributed by atoms with Crippen LogP contribution in [0.15, 0.2) is 30.9 Å². The van der Waals surface area contributed by atoms with Gasteiger partial charge in [-0.1, -0.05) is 0 Å². The molecule has 1 saturated heterocycles. The fraction of sp³-hybridized carbons (Fsp3) is 0.400. The Morgan fingerprint density at radius 3 is 2.81 bits per heavy atom. The van der Waals surface area contributed by atoms with E-state index < -0.39 is 0 Å². The summed E-state index contributed by atoms with van der Waals surface area (Å²) in [5, 5.41) is 14.7. The number of nitrogens with one attached hydrogen (secondary N) is 2. The van der Waals surface area contributed by atoms with Gasteiger partial charge in [0, 0.05) is 38.3 Å².